The first-order valence-corrected chi connectivity index (χ1v) is 6.68. The average molecular weight is 242 g/mol. The lowest BCUT2D eigenvalue weighted by Gasteiger charge is -2.17. The lowest BCUT2D eigenvalue weighted by Crippen LogP contribution is -2.02. The predicted molar refractivity (Wildman–Crippen MR) is 71.1 cm³/mol. The minimum atomic E-state index is 0.669. The van der Waals surface area contributed by atoms with E-state index >= 15 is 0 Å². The van der Waals surface area contributed by atoms with E-state index in [2.05, 4.69) is 27.2 Å². The zero-order chi connectivity index (χ0) is 12.4. The van der Waals surface area contributed by atoms with E-state index in [1.807, 2.05) is 19.3 Å². The molecule has 4 heteroatoms. The van der Waals surface area contributed by atoms with Gasteiger partial charge in [-0.05, 0) is 25.7 Å². The van der Waals surface area contributed by atoms with Gasteiger partial charge in [0.1, 0.15) is 5.82 Å². The van der Waals surface area contributed by atoms with Crippen LogP contribution < -0.4 is 0 Å². The monoisotopic (exact) mass is 242 g/mol. The number of nitrogens with zero attached hydrogens (tertiary/aromatic N) is 4. The molecule has 2 heterocycles. The summed E-state index contributed by atoms with van der Waals surface area (Å²) in [5.74, 6) is 2.17. The van der Waals surface area contributed by atoms with Crippen LogP contribution in [-0.4, -0.2) is 19.6 Å². The van der Waals surface area contributed by atoms with E-state index in [9.17, 15) is 0 Å². The Morgan fingerprint density at radius 1 is 1.28 bits per heavy atom. The number of aryl methyl sites for hydroxylation is 1. The van der Waals surface area contributed by atoms with Gasteiger partial charge in [-0.15, -0.1) is 0 Å². The number of rotatable bonds is 2. The van der Waals surface area contributed by atoms with Crippen molar-refractivity contribution in [3.8, 4) is 0 Å². The van der Waals surface area contributed by atoms with Gasteiger partial charge in [0.05, 0.1) is 0 Å². The maximum absolute atomic E-state index is 4.30. The van der Waals surface area contributed by atoms with Gasteiger partial charge in [-0.1, -0.05) is 31.4 Å². The van der Waals surface area contributed by atoms with Crippen LogP contribution in [0.4, 0.5) is 0 Å². The Kier molecular flexibility index (Phi) is 3.09. The Bertz CT molecular complexity index is 564. The van der Waals surface area contributed by atoms with Crippen molar-refractivity contribution in [3.63, 3.8) is 0 Å². The highest BCUT2D eigenvalue weighted by molar-refractivity contribution is 5.48. The lowest BCUT2D eigenvalue weighted by molar-refractivity contribution is 0.420. The molecule has 4 nitrogen and oxygen atoms in total. The summed E-state index contributed by atoms with van der Waals surface area (Å²) >= 11 is 0. The van der Waals surface area contributed by atoms with Gasteiger partial charge in [0.2, 0.25) is 0 Å². The minimum Gasteiger partial charge on any atom is -0.219 e. The van der Waals surface area contributed by atoms with E-state index in [1.165, 1.54) is 32.1 Å². The highest BCUT2D eigenvalue weighted by Gasteiger charge is 2.09. The number of hydrogen-bond acceptors (Lipinski definition) is 3. The maximum Gasteiger partial charge on any atom is 0.252 e. The minimum absolute atomic E-state index is 0.669. The molecule has 0 saturated heterocycles. The third-order valence-corrected chi connectivity index (χ3v) is 3.53. The molecule has 3 rings (SSSR count). The molecule has 0 bridgehead atoms. The molecule has 0 N–H and O–H groups in total. The van der Waals surface area contributed by atoms with E-state index in [0.29, 0.717) is 5.78 Å². The van der Waals surface area contributed by atoms with Gasteiger partial charge in [0, 0.05) is 18.0 Å². The molecule has 1 aliphatic rings. The molecular formula is C14H18N4. The normalized spacial score (nSPS) is 17.8. The summed E-state index contributed by atoms with van der Waals surface area (Å²) in [5, 5.41) is 4.28. The first kappa shape index (κ1) is 11.4. The van der Waals surface area contributed by atoms with Crippen LogP contribution in [0.2, 0.25) is 0 Å². The SMILES string of the molecule is Cc1nc2ncc(/C=C/C3CCCCC3)cn2n1. The van der Waals surface area contributed by atoms with Crippen molar-refractivity contribution in [2.45, 2.75) is 39.0 Å². The molecule has 0 aromatic carbocycles. The predicted octanol–water partition coefficient (Wildman–Crippen LogP) is 3.03. The first-order valence-electron chi connectivity index (χ1n) is 6.68. The summed E-state index contributed by atoms with van der Waals surface area (Å²) < 4.78 is 1.75. The Morgan fingerprint density at radius 3 is 2.94 bits per heavy atom. The molecule has 0 spiro atoms. The van der Waals surface area contributed by atoms with Crippen molar-refractivity contribution >= 4 is 11.9 Å². The summed E-state index contributed by atoms with van der Waals surface area (Å²) in [6, 6.07) is 0. The van der Waals surface area contributed by atoms with E-state index in [1.54, 1.807) is 4.52 Å². The van der Waals surface area contributed by atoms with Gasteiger partial charge in [-0.3, -0.25) is 0 Å². The molecule has 0 radical (unpaired) electrons. The third kappa shape index (κ3) is 2.42. The topological polar surface area (TPSA) is 43.1 Å². The van der Waals surface area contributed by atoms with E-state index in [4.69, 9.17) is 0 Å². The van der Waals surface area contributed by atoms with Gasteiger partial charge >= 0.3 is 0 Å². The molecule has 0 atom stereocenters. The Hall–Kier alpha value is -1.71. The van der Waals surface area contributed by atoms with Crippen LogP contribution in [0.3, 0.4) is 0 Å². The summed E-state index contributed by atoms with van der Waals surface area (Å²) in [5.41, 5.74) is 1.10. The number of allylic oxidation sites excluding steroid dienone is 1. The van der Waals surface area contributed by atoms with Gasteiger partial charge in [-0.25, -0.2) is 9.50 Å². The van der Waals surface area contributed by atoms with E-state index in [-0.39, 0.29) is 0 Å². The zero-order valence-corrected chi connectivity index (χ0v) is 10.7. The largest absolute Gasteiger partial charge is 0.252 e. The first-order chi connectivity index (χ1) is 8.81. The standard InChI is InChI=1S/C14H18N4/c1-11-16-14-15-9-13(10-18(14)17-11)8-7-12-5-3-2-4-6-12/h7-10,12H,2-6H2,1H3/b8-7+. The third-order valence-electron chi connectivity index (χ3n) is 3.53. The number of hydrogen-bond donors (Lipinski definition) is 0. The van der Waals surface area contributed by atoms with Crippen LogP contribution in [0.25, 0.3) is 11.9 Å². The molecular weight excluding hydrogens is 224 g/mol. The fourth-order valence-electron chi connectivity index (χ4n) is 2.56. The Balaban J connectivity index is 1.78. The summed E-state index contributed by atoms with van der Waals surface area (Å²) in [4.78, 5) is 8.52. The molecule has 0 amide bonds. The van der Waals surface area contributed by atoms with E-state index in [0.717, 1.165) is 17.3 Å². The van der Waals surface area contributed by atoms with E-state index < -0.39 is 0 Å². The van der Waals surface area contributed by atoms with Crippen LogP contribution >= 0.6 is 0 Å². The molecule has 2 aromatic rings. The highest BCUT2D eigenvalue weighted by Crippen LogP contribution is 2.25. The molecule has 2 aromatic heterocycles. The second kappa shape index (κ2) is 4.88. The zero-order valence-electron chi connectivity index (χ0n) is 10.7. The van der Waals surface area contributed by atoms with Crippen LogP contribution in [0.5, 0.6) is 0 Å². The fourth-order valence-corrected chi connectivity index (χ4v) is 2.56. The summed E-state index contributed by atoms with van der Waals surface area (Å²) in [7, 11) is 0. The van der Waals surface area contributed by atoms with Gasteiger partial charge in [-0.2, -0.15) is 10.1 Å². The van der Waals surface area contributed by atoms with Crippen LogP contribution in [0.15, 0.2) is 18.5 Å². The molecule has 1 aliphatic carbocycles. The van der Waals surface area contributed by atoms with Crippen molar-refractivity contribution < 1.29 is 0 Å². The molecule has 18 heavy (non-hydrogen) atoms. The summed E-state index contributed by atoms with van der Waals surface area (Å²) in [6.07, 6.45) is 15.1. The molecule has 0 unspecified atom stereocenters. The second-order valence-electron chi connectivity index (χ2n) is 5.05. The highest BCUT2D eigenvalue weighted by atomic mass is 15.3. The van der Waals surface area contributed by atoms with Crippen LogP contribution in [0.1, 0.15) is 43.5 Å². The average Bonchev–Trinajstić information content (AvgIpc) is 2.77. The Labute approximate surface area is 107 Å². The van der Waals surface area contributed by atoms with Gasteiger partial charge in [0.15, 0.2) is 0 Å². The smallest absolute Gasteiger partial charge is 0.219 e. The number of aromatic nitrogens is 4. The van der Waals surface area contributed by atoms with Gasteiger partial charge in [0.25, 0.3) is 5.78 Å². The van der Waals surface area contributed by atoms with Crippen molar-refractivity contribution in [1.82, 2.24) is 19.6 Å². The molecule has 1 fully saturated rings. The van der Waals surface area contributed by atoms with Gasteiger partial charge < -0.3 is 0 Å². The second-order valence-corrected chi connectivity index (χ2v) is 5.05. The van der Waals surface area contributed by atoms with Crippen molar-refractivity contribution in [1.29, 1.82) is 0 Å². The maximum atomic E-state index is 4.30. The van der Waals surface area contributed by atoms with Crippen LogP contribution in [0, 0.1) is 12.8 Å². The quantitative estimate of drug-likeness (QED) is 0.813. The van der Waals surface area contributed by atoms with Crippen molar-refractivity contribution in [2.24, 2.45) is 5.92 Å². The fraction of sp³-hybridized carbons (Fsp3) is 0.500. The molecule has 1 saturated carbocycles. The molecule has 94 valence electrons. The number of fused-ring (bicyclic) bond motifs is 1. The Morgan fingerprint density at radius 2 is 2.11 bits per heavy atom. The summed E-state index contributed by atoms with van der Waals surface area (Å²) in [6.45, 7) is 1.88. The van der Waals surface area contributed by atoms with Crippen LogP contribution in [-0.2, 0) is 0 Å². The lowest BCUT2D eigenvalue weighted by atomic mass is 9.89. The van der Waals surface area contributed by atoms with Crippen molar-refractivity contribution in [2.75, 3.05) is 0 Å². The molecule has 0 aliphatic heterocycles. The van der Waals surface area contributed by atoms with Crippen molar-refractivity contribution in [3.05, 3.63) is 29.9 Å².